The van der Waals surface area contributed by atoms with Crippen molar-refractivity contribution >= 4 is 6.09 Å². The maximum absolute atomic E-state index is 12.0. The summed E-state index contributed by atoms with van der Waals surface area (Å²) in [6.07, 6.45) is -2.72. The van der Waals surface area contributed by atoms with Gasteiger partial charge >= 0.3 is 6.09 Å². The highest BCUT2D eigenvalue weighted by Gasteiger charge is 2.47. The van der Waals surface area contributed by atoms with Gasteiger partial charge < -0.3 is 30.1 Å². The van der Waals surface area contributed by atoms with Gasteiger partial charge in [-0.2, -0.15) is 0 Å². The Kier molecular flexibility index (Phi) is 5.13. The summed E-state index contributed by atoms with van der Waals surface area (Å²) in [4.78, 5) is 12.0. The molecule has 1 fully saturated rings. The van der Waals surface area contributed by atoms with E-state index >= 15 is 0 Å². The highest BCUT2D eigenvalue weighted by Crippen LogP contribution is 2.32. The molecular formula is C16H23NO6. The van der Waals surface area contributed by atoms with E-state index in [-0.39, 0.29) is 12.4 Å². The molecule has 128 valence electrons. The second kappa shape index (κ2) is 6.74. The van der Waals surface area contributed by atoms with Gasteiger partial charge in [-0.15, -0.1) is 0 Å². The summed E-state index contributed by atoms with van der Waals surface area (Å²) >= 11 is 0. The van der Waals surface area contributed by atoms with Crippen LogP contribution in [-0.4, -0.2) is 51.9 Å². The number of epoxide rings is 1. The molecule has 1 heterocycles. The first-order chi connectivity index (χ1) is 10.7. The van der Waals surface area contributed by atoms with Crippen LogP contribution in [0.2, 0.25) is 0 Å². The highest BCUT2D eigenvalue weighted by atomic mass is 16.6. The van der Waals surface area contributed by atoms with Crippen molar-refractivity contribution in [3.05, 3.63) is 29.8 Å². The topological polar surface area (TPSA) is 112 Å². The van der Waals surface area contributed by atoms with E-state index in [2.05, 4.69) is 5.32 Å². The van der Waals surface area contributed by atoms with Crippen molar-refractivity contribution in [2.45, 2.75) is 50.7 Å². The molecule has 7 nitrogen and oxygen atoms in total. The van der Waals surface area contributed by atoms with Crippen molar-refractivity contribution < 1.29 is 29.6 Å². The van der Waals surface area contributed by atoms with Gasteiger partial charge in [0.15, 0.2) is 0 Å². The third-order valence-corrected chi connectivity index (χ3v) is 3.40. The normalized spacial score (nSPS) is 23.0. The maximum atomic E-state index is 12.0. The lowest BCUT2D eigenvalue weighted by atomic mass is 9.98. The van der Waals surface area contributed by atoms with Crippen molar-refractivity contribution in [3.8, 4) is 5.75 Å². The Morgan fingerprint density at radius 3 is 2.43 bits per heavy atom. The molecule has 1 saturated heterocycles. The molecule has 0 unspecified atom stereocenters. The number of carbonyl (C=O) groups is 1. The molecule has 1 aliphatic rings. The Morgan fingerprint density at radius 2 is 1.96 bits per heavy atom. The van der Waals surface area contributed by atoms with E-state index in [1.807, 2.05) is 0 Å². The molecule has 0 spiro atoms. The van der Waals surface area contributed by atoms with Gasteiger partial charge in [-0.25, -0.2) is 4.79 Å². The van der Waals surface area contributed by atoms with E-state index < -0.39 is 36.0 Å². The second-order valence-electron chi connectivity index (χ2n) is 6.53. The third-order valence-electron chi connectivity index (χ3n) is 3.40. The number of hydrogen-bond donors (Lipinski definition) is 4. The molecule has 1 aromatic carbocycles. The average molecular weight is 325 g/mol. The van der Waals surface area contributed by atoms with Crippen molar-refractivity contribution in [1.29, 1.82) is 0 Å². The van der Waals surface area contributed by atoms with Crippen molar-refractivity contribution in [2.24, 2.45) is 0 Å². The number of phenols is 1. The Balaban J connectivity index is 2.14. The lowest BCUT2D eigenvalue weighted by Gasteiger charge is -2.26. The van der Waals surface area contributed by atoms with E-state index in [1.54, 1.807) is 32.9 Å². The number of carbonyl (C=O) groups excluding carboxylic acids is 1. The van der Waals surface area contributed by atoms with Crippen LogP contribution in [0, 0.1) is 0 Å². The number of benzene rings is 1. The van der Waals surface area contributed by atoms with E-state index in [1.165, 1.54) is 12.1 Å². The number of amides is 1. The van der Waals surface area contributed by atoms with Crippen molar-refractivity contribution in [1.82, 2.24) is 5.32 Å². The summed E-state index contributed by atoms with van der Waals surface area (Å²) in [6.45, 7) is 5.02. The predicted molar refractivity (Wildman–Crippen MR) is 82.0 cm³/mol. The molecule has 4 atom stereocenters. The monoisotopic (exact) mass is 325 g/mol. The molecule has 0 radical (unpaired) electrons. The fraction of sp³-hybridized carbons (Fsp3) is 0.562. The molecule has 23 heavy (non-hydrogen) atoms. The van der Waals surface area contributed by atoms with Gasteiger partial charge in [-0.05, 0) is 38.5 Å². The summed E-state index contributed by atoms with van der Waals surface area (Å²) in [7, 11) is 0. The van der Waals surface area contributed by atoms with Crippen molar-refractivity contribution in [3.63, 3.8) is 0 Å². The first-order valence-corrected chi connectivity index (χ1v) is 7.44. The standard InChI is InChI=1S/C16H23NO6/c1-16(2,3)23-15(21)17-12(9-4-6-10(19)7-5-9)13(20)14-11(8-18)22-14/h4-7,11-14,18-20H,8H2,1-3H3,(H,17,21)/t11-,12+,13+,14+/m0/s1. The average Bonchev–Trinajstić information content (AvgIpc) is 3.23. The number of hydrogen-bond acceptors (Lipinski definition) is 6. The van der Waals surface area contributed by atoms with Crippen LogP contribution in [0.3, 0.4) is 0 Å². The van der Waals surface area contributed by atoms with Crippen LogP contribution in [0.1, 0.15) is 32.4 Å². The van der Waals surface area contributed by atoms with Crippen LogP contribution in [0.15, 0.2) is 24.3 Å². The van der Waals surface area contributed by atoms with Crippen LogP contribution in [-0.2, 0) is 9.47 Å². The third kappa shape index (κ3) is 4.82. The van der Waals surface area contributed by atoms with E-state index in [9.17, 15) is 15.0 Å². The number of ether oxygens (including phenoxy) is 2. The van der Waals surface area contributed by atoms with Gasteiger partial charge in [0, 0.05) is 0 Å². The van der Waals surface area contributed by atoms with Gasteiger partial charge in [0.1, 0.15) is 29.7 Å². The Morgan fingerprint density at radius 1 is 1.35 bits per heavy atom. The zero-order valence-electron chi connectivity index (χ0n) is 13.4. The summed E-state index contributed by atoms with van der Waals surface area (Å²) in [5.41, 5.74) is -0.0773. The molecule has 1 amide bonds. The van der Waals surface area contributed by atoms with Gasteiger partial charge in [0.25, 0.3) is 0 Å². The molecule has 0 saturated carbocycles. The Bertz CT molecular complexity index is 538. The minimum atomic E-state index is -1.05. The minimum absolute atomic E-state index is 0.0789. The molecule has 0 bridgehead atoms. The fourth-order valence-corrected chi connectivity index (χ4v) is 2.28. The van der Waals surface area contributed by atoms with Gasteiger partial charge in [-0.3, -0.25) is 0 Å². The smallest absolute Gasteiger partial charge is 0.408 e. The van der Waals surface area contributed by atoms with Crippen LogP contribution >= 0.6 is 0 Å². The van der Waals surface area contributed by atoms with Gasteiger partial charge in [0.05, 0.1) is 12.6 Å². The molecule has 0 aliphatic carbocycles. The zero-order chi connectivity index (χ0) is 17.2. The number of phenolic OH excluding ortho intramolecular Hbond substituents is 1. The molecule has 1 aromatic rings. The zero-order valence-corrected chi connectivity index (χ0v) is 13.4. The minimum Gasteiger partial charge on any atom is -0.508 e. The number of rotatable bonds is 5. The fourth-order valence-electron chi connectivity index (χ4n) is 2.28. The van der Waals surface area contributed by atoms with Gasteiger partial charge in [-0.1, -0.05) is 12.1 Å². The number of nitrogens with one attached hydrogen (secondary N) is 1. The Labute approximate surface area is 134 Å². The summed E-state index contributed by atoms with van der Waals surface area (Å²) < 4.78 is 10.4. The van der Waals surface area contributed by atoms with E-state index in [4.69, 9.17) is 14.6 Å². The van der Waals surface area contributed by atoms with Crippen LogP contribution < -0.4 is 5.32 Å². The summed E-state index contributed by atoms with van der Waals surface area (Å²) in [5.74, 6) is 0.0789. The molecule has 7 heteroatoms. The first kappa shape index (κ1) is 17.5. The second-order valence-corrected chi connectivity index (χ2v) is 6.53. The number of aliphatic hydroxyl groups is 2. The van der Waals surface area contributed by atoms with E-state index in [0.717, 1.165) is 0 Å². The lowest BCUT2D eigenvalue weighted by molar-refractivity contribution is 0.0385. The Hall–Kier alpha value is -1.83. The molecule has 2 rings (SSSR count). The van der Waals surface area contributed by atoms with Gasteiger partial charge in [0.2, 0.25) is 0 Å². The predicted octanol–water partition coefficient (Wildman–Crippen LogP) is 1.08. The van der Waals surface area contributed by atoms with Crippen LogP contribution in [0.5, 0.6) is 5.75 Å². The number of aromatic hydroxyl groups is 1. The lowest BCUT2D eigenvalue weighted by Crippen LogP contribution is -2.42. The summed E-state index contributed by atoms with van der Waals surface area (Å²) in [6, 6.07) is 5.33. The quantitative estimate of drug-likeness (QED) is 0.603. The first-order valence-electron chi connectivity index (χ1n) is 7.44. The van der Waals surface area contributed by atoms with E-state index in [0.29, 0.717) is 5.56 Å². The van der Waals surface area contributed by atoms with Crippen molar-refractivity contribution in [2.75, 3.05) is 6.61 Å². The largest absolute Gasteiger partial charge is 0.508 e. The molecular weight excluding hydrogens is 302 g/mol. The van der Waals surface area contributed by atoms with Crippen LogP contribution in [0.4, 0.5) is 4.79 Å². The molecule has 4 N–H and O–H groups in total. The number of aliphatic hydroxyl groups excluding tert-OH is 2. The molecule has 0 aromatic heterocycles. The maximum Gasteiger partial charge on any atom is 0.408 e. The van der Waals surface area contributed by atoms with Crippen LogP contribution in [0.25, 0.3) is 0 Å². The number of alkyl carbamates (subject to hydrolysis) is 1. The molecule has 1 aliphatic heterocycles. The summed E-state index contributed by atoms with van der Waals surface area (Å²) in [5, 5.41) is 31.5. The SMILES string of the molecule is CC(C)(C)OC(=O)N[C@H](c1ccc(O)cc1)[C@@H](O)[C@@H]1O[C@H]1CO. The highest BCUT2D eigenvalue weighted by molar-refractivity contribution is 5.68.